The highest BCUT2D eigenvalue weighted by Gasteiger charge is 2.37. The van der Waals surface area contributed by atoms with Crippen LogP contribution in [0.25, 0.3) is 0 Å². The van der Waals surface area contributed by atoms with E-state index in [2.05, 4.69) is 11.0 Å². The van der Waals surface area contributed by atoms with Crippen LogP contribution in [0.2, 0.25) is 0 Å². The number of aliphatic carboxylic acids is 1. The number of carboxylic acid groups (broad SMARTS) is 1. The first-order valence-corrected chi connectivity index (χ1v) is 7.21. The number of ether oxygens (including phenoxy) is 1. The van der Waals surface area contributed by atoms with Crippen molar-refractivity contribution in [2.24, 2.45) is 5.41 Å². The summed E-state index contributed by atoms with van der Waals surface area (Å²) in [7, 11) is 0. The highest BCUT2D eigenvalue weighted by atomic mass is 16.5. The number of para-hydroxylation sites is 1. The fourth-order valence-electron chi connectivity index (χ4n) is 2.83. The highest BCUT2D eigenvalue weighted by Crippen LogP contribution is 2.31. The Balaban J connectivity index is 2.08. The van der Waals surface area contributed by atoms with Gasteiger partial charge in [-0.3, -0.25) is 9.69 Å². The molecule has 20 heavy (non-hydrogen) atoms. The predicted octanol–water partition coefficient (Wildman–Crippen LogP) is 2.77. The van der Waals surface area contributed by atoms with Gasteiger partial charge in [0, 0.05) is 18.7 Å². The molecule has 1 aromatic rings. The average Bonchev–Trinajstić information content (AvgIpc) is 2.41. The molecule has 0 saturated carbocycles. The highest BCUT2D eigenvalue weighted by molar-refractivity contribution is 5.74. The number of likely N-dealkylation sites (tertiary alicyclic amines) is 1. The molecular weight excluding hydrogens is 254 g/mol. The van der Waals surface area contributed by atoms with Crippen molar-refractivity contribution in [3.05, 3.63) is 29.8 Å². The van der Waals surface area contributed by atoms with E-state index in [-0.39, 0.29) is 0 Å². The van der Waals surface area contributed by atoms with Crippen LogP contribution >= 0.6 is 0 Å². The largest absolute Gasteiger partial charge is 0.494 e. The van der Waals surface area contributed by atoms with Crippen molar-refractivity contribution in [3.8, 4) is 5.75 Å². The number of piperidine rings is 1. The molecule has 1 aliphatic rings. The van der Waals surface area contributed by atoms with Crippen molar-refractivity contribution >= 4 is 5.97 Å². The molecule has 1 aromatic carbocycles. The number of hydrogen-bond acceptors (Lipinski definition) is 3. The molecule has 1 aliphatic heterocycles. The second kappa shape index (κ2) is 6.27. The Kier molecular flexibility index (Phi) is 4.65. The second-order valence-electron chi connectivity index (χ2n) is 5.72. The molecule has 0 radical (unpaired) electrons. The van der Waals surface area contributed by atoms with Crippen LogP contribution in [0.4, 0.5) is 0 Å². The fourth-order valence-corrected chi connectivity index (χ4v) is 2.83. The number of nitrogens with zero attached hydrogens (tertiary/aromatic N) is 1. The standard InChI is InChI=1S/C16H23NO3/c1-3-20-14-8-5-4-7-13(14)11-17-10-6-9-16(2,12-17)15(18)19/h4-5,7-8H,3,6,9-12H2,1-2H3,(H,18,19). The number of carboxylic acids is 1. The molecule has 0 bridgehead atoms. The summed E-state index contributed by atoms with van der Waals surface area (Å²) in [6.07, 6.45) is 1.69. The van der Waals surface area contributed by atoms with Gasteiger partial charge in [0.1, 0.15) is 5.75 Å². The van der Waals surface area contributed by atoms with Gasteiger partial charge in [0.25, 0.3) is 0 Å². The lowest BCUT2D eigenvalue weighted by Gasteiger charge is -2.37. The summed E-state index contributed by atoms with van der Waals surface area (Å²) in [6, 6.07) is 7.99. The third-order valence-corrected chi connectivity index (χ3v) is 3.96. The first kappa shape index (κ1) is 14.9. The van der Waals surface area contributed by atoms with Crippen LogP contribution in [0.3, 0.4) is 0 Å². The van der Waals surface area contributed by atoms with E-state index in [9.17, 15) is 9.90 Å². The van der Waals surface area contributed by atoms with E-state index < -0.39 is 11.4 Å². The molecule has 2 rings (SSSR count). The van der Waals surface area contributed by atoms with E-state index >= 15 is 0 Å². The molecule has 1 heterocycles. The molecule has 0 spiro atoms. The Morgan fingerprint density at radius 1 is 1.45 bits per heavy atom. The van der Waals surface area contributed by atoms with Gasteiger partial charge in [0.05, 0.1) is 12.0 Å². The molecule has 0 aliphatic carbocycles. The third kappa shape index (κ3) is 3.31. The number of benzene rings is 1. The van der Waals surface area contributed by atoms with Gasteiger partial charge in [-0.2, -0.15) is 0 Å². The zero-order valence-electron chi connectivity index (χ0n) is 12.3. The maximum absolute atomic E-state index is 11.4. The predicted molar refractivity (Wildman–Crippen MR) is 77.9 cm³/mol. The lowest BCUT2D eigenvalue weighted by atomic mass is 9.82. The summed E-state index contributed by atoms with van der Waals surface area (Å²) < 4.78 is 5.63. The molecule has 1 N–H and O–H groups in total. The zero-order valence-corrected chi connectivity index (χ0v) is 12.3. The van der Waals surface area contributed by atoms with Crippen molar-refractivity contribution in [2.45, 2.75) is 33.2 Å². The van der Waals surface area contributed by atoms with Gasteiger partial charge in [-0.15, -0.1) is 0 Å². The topological polar surface area (TPSA) is 49.8 Å². The van der Waals surface area contributed by atoms with Gasteiger partial charge in [-0.25, -0.2) is 0 Å². The summed E-state index contributed by atoms with van der Waals surface area (Å²) in [6.45, 7) is 6.75. The van der Waals surface area contributed by atoms with Crippen molar-refractivity contribution in [3.63, 3.8) is 0 Å². The number of carbonyl (C=O) groups is 1. The quantitative estimate of drug-likeness (QED) is 0.899. The van der Waals surface area contributed by atoms with Gasteiger partial charge in [-0.05, 0) is 39.3 Å². The molecule has 110 valence electrons. The minimum Gasteiger partial charge on any atom is -0.494 e. The zero-order chi connectivity index (χ0) is 14.6. The summed E-state index contributed by atoms with van der Waals surface area (Å²) in [5.41, 5.74) is 0.503. The lowest BCUT2D eigenvalue weighted by Crippen LogP contribution is -2.45. The molecule has 0 amide bonds. The summed E-state index contributed by atoms with van der Waals surface area (Å²) >= 11 is 0. The van der Waals surface area contributed by atoms with Crippen molar-refractivity contribution < 1.29 is 14.6 Å². The van der Waals surface area contributed by atoms with Gasteiger partial charge in [0.15, 0.2) is 0 Å². The normalized spacial score (nSPS) is 23.5. The second-order valence-corrected chi connectivity index (χ2v) is 5.72. The van der Waals surface area contributed by atoms with Gasteiger partial charge in [-0.1, -0.05) is 18.2 Å². The van der Waals surface area contributed by atoms with Crippen LogP contribution in [-0.4, -0.2) is 35.7 Å². The number of hydrogen-bond donors (Lipinski definition) is 1. The lowest BCUT2D eigenvalue weighted by molar-refractivity contribution is -0.151. The smallest absolute Gasteiger partial charge is 0.310 e. The maximum atomic E-state index is 11.4. The molecule has 1 unspecified atom stereocenters. The van der Waals surface area contributed by atoms with Crippen LogP contribution in [0.15, 0.2) is 24.3 Å². The van der Waals surface area contributed by atoms with Crippen LogP contribution in [0.5, 0.6) is 5.75 Å². The molecule has 0 aromatic heterocycles. The van der Waals surface area contributed by atoms with Gasteiger partial charge < -0.3 is 9.84 Å². The Labute approximate surface area is 120 Å². The molecule has 1 fully saturated rings. The summed E-state index contributed by atoms with van der Waals surface area (Å²) in [4.78, 5) is 13.6. The first-order valence-electron chi connectivity index (χ1n) is 7.21. The van der Waals surface area contributed by atoms with Crippen molar-refractivity contribution in [2.75, 3.05) is 19.7 Å². The van der Waals surface area contributed by atoms with E-state index in [1.807, 2.05) is 32.0 Å². The molecule has 4 nitrogen and oxygen atoms in total. The summed E-state index contributed by atoms with van der Waals surface area (Å²) in [5, 5.41) is 9.37. The fraction of sp³-hybridized carbons (Fsp3) is 0.562. The molecule has 1 saturated heterocycles. The summed E-state index contributed by atoms with van der Waals surface area (Å²) in [5.74, 6) is 0.206. The van der Waals surface area contributed by atoms with Crippen LogP contribution in [0.1, 0.15) is 32.3 Å². The minimum absolute atomic E-state index is 0.600. The Morgan fingerprint density at radius 3 is 2.90 bits per heavy atom. The number of rotatable bonds is 5. The first-order chi connectivity index (χ1) is 9.55. The molecule has 1 atom stereocenters. The SMILES string of the molecule is CCOc1ccccc1CN1CCCC(C)(C(=O)O)C1. The molecule has 4 heteroatoms. The van der Waals surface area contributed by atoms with E-state index in [0.29, 0.717) is 13.2 Å². The Bertz CT molecular complexity index is 475. The third-order valence-electron chi connectivity index (χ3n) is 3.96. The van der Waals surface area contributed by atoms with Crippen LogP contribution < -0.4 is 4.74 Å². The average molecular weight is 277 g/mol. The van der Waals surface area contributed by atoms with Crippen molar-refractivity contribution in [1.29, 1.82) is 0 Å². The van der Waals surface area contributed by atoms with E-state index in [1.165, 1.54) is 0 Å². The van der Waals surface area contributed by atoms with E-state index in [0.717, 1.165) is 37.2 Å². The maximum Gasteiger partial charge on any atom is 0.310 e. The van der Waals surface area contributed by atoms with Crippen molar-refractivity contribution in [1.82, 2.24) is 4.90 Å². The van der Waals surface area contributed by atoms with Gasteiger partial charge >= 0.3 is 5.97 Å². The Morgan fingerprint density at radius 2 is 2.20 bits per heavy atom. The Hall–Kier alpha value is -1.55. The van der Waals surface area contributed by atoms with E-state index in [1.54, 1.807) is 0 Å². The van der Waals surface area contributed by atoms with E-state index in [4.69, 9.17) is 4.74 Å². The monoisotopic (exact) mass is 277 g/mol. The van der Waals surface area contributed by atoms with Crippen LogP contribution in [-0.2, 0) is 11.3 Å². The molecular formula is C16H23NO3. The minimum atomic E-state index is -0.694. The van der Waals surface area contributed by atoms with Gasteiger partial charge in [0.2, 0.25) is 0 Å². The van der Waals surface area contributed by atoms with Crippen LogP contribution in [0, 0.1) is 5.41 Å².